The fourth-order valence-electron chi connectivity index (χ4n) is 1.43. The molecule has 0 radical (unpaired) electrons. The smallest absolute Gasteiger partial charge is 0.416 e. The van der Waals surface area contributed by atoms with Crippen LogP contribution in [0.4, 0.5) is 18.9 Å². The van der Waals surface area contributed by atoms with E-state index in [1.54, 1.807) is 13.0 Å². The van der Waals surface area contributed by atoms with E-state index in [0.717, 1.165) is 12.1 Å². The predicted octanol–water partition coefficient (Wildman–Crippen LogP) is 3.41. The van der Waals surface area contributed by atoms with Crippen molar-refractivity contribution in [1.82, 2.24) is 0 Å². The molecule has 0 saturated heterocycles. The first-order valence-electron chi connectivity index (χ1n) is 6.08. The Hall–Kier alpha value is -1.37. The van der Waals surface area contributed by atoms with Gasteiger partial charge < -0.3 is 10.1 Å². The summed E-state index contributed by atoms with van der Waals surface area (Å²) in [4.78, 5) is 11.0. The summed E-state index contributed by atoms with van der Waals surface area (Å²) in [6, 6.07) is 5.03. The number of benzene rings is 1. The normalized spacial score (nSPS) is 11.2. The molecule has 0 fully saturated rings. The molecule has 0 aliphatic carbocycles. The topological polar surface area (TPSA) is 38.3 Å². The summed E-state index contributed by atoms with van der Waals surface area (Å²) >= 11 is 1.37. The van der Waals surface area contributed by atoms with Crippen LogP contribution in [0.5, 0.6) is 0 Å². The summed E-state index contributed by atoms with van der Waals surface area (Å²) in [7, 11) is 0. The maximum Gasteiger partial charge on any atom is 0.416 e. The molecule has 0 aliphatic heterocycles. The van der Waals surface area contributed by atoms with Gasteiger partial charge in [-0.05, 0) is 25.1 Å². The first-order chi connectivity index (χ1) is 9.43. The van der Waals surface area contributed by atoms with Crippen LogP contribution in [0, 0.1) is 0 Å². The molecule has 0 amide bonds. The molecule has 0 aromatic heterocycles. The van der Waals surface area contributed by atoms with Gasteiger partial charge in [0.05, 0.1) is 17.9 Å². The minimum Gasteiger partial charge on any atom is -0.465 e. The summed E-state index contributed by atoms with van der Waals surface area (Å²) in [5.41, 5.74) is -0.266. The molecule has 3 nitrogen and oxygen atoms in total. The number of halogens is 3. The second-order valence-corrected chi connectivity index (χ2v) is 4.97. The number of nitrogens with one attached hydrogen (secondary N) is 1. The van der Waals surface area contributed by atoms with Crippen molar-refractivity contribution in [3.8, 4) is 0 Å². The third-order valence-corrected chi connectivity index (χ3v) is 3.22. The molecular weight excluding hydrogens is 291 g/mol. The van der Waals surface area contributed by atoms with Gasteiger partial charge in [0.25, 0.3) is 0 Å². The van der Waals surface area contributed by atoms with Crippen molar-refractivity contribution in [2.24, 2.45) is 0 Å². The number of thioether (sulfide) groups is 1. The van der Waals surface area contributed by atoms with Gasteiger partial charge in [0.2, 0.25) is 0 Å². The van der Waals surface area contributed by atoms with Crippen LogP contribution in [-0.4, -0.2) is 30.6 Å². The van der Waals surface area contributed by atoms with Crippen LogP contribution >= 0.6 is 11.8 Å². The number of alkyl halides is 3. The van der Waals surface area contributed by atoms with Crippen LogP contribution in [0.15, 0.2) is 24.3 Å². The number of hydrogen-bond acceptors (Lipinski definition) is 4. The lowest BCUT2D eigenvalue weighted by Crippen LogP contribution is -2.11. The average molecular weight is 307 g/mol. The molecular formula is C13H16F3NO2S. The highest BCUT2D eigenvalue weighted by Crippen LogP contribution is 2.30. The Bertz CT molecular complexity index is 438. The van der Waals surface area contributed by atoms with E-state index in [4.69, 9.17) is 4.74 Å². The standard InChI is InChI=1S/C13H16F3NO2S/c1-2-19-12(18)9-20-7-6-17-11-5-3-4-10(8-11)13(14,15)16/h3-5,8,17H,2,6-7,9H2,1H3. The molecule has 7 heteroatoms. The van der Waals surface area contributed by atoms with E-state index in [1.807, 2.05) is 0 Å². The van der Waals surface area contributed by atoms with Crippen LogP contribution in [-0.2, 0) is 15.7 Å². The summed E-state index contributed by atoms with van der Waals surface area (Å²) in [5.74, 6) is 0.573. The van der Waals surface area contributed by atoms with Crippen molar-refractivity contribution in [3.05, 3.63) is 29.8 Å². The van der Waals surface area contributed by atoms with Gasteiger partial charge in [0.1, 0.15) is 0 Å². The summed E-state index contributed by atoms with van der Waals surface area (Å²) in [6.07, 6.45) is -4.34. The van der Waals surface area contributed by atoms with Crippen LogP contribution < -0.4 is 5.32 Å². The molecule has 1 aromatic carbocycles. The Morgan fingerprint density at radius 1 is 1.40 bits per heavy atom. The molecule has 0 saturated carbocycles. The van der Waals surface area contributed by atoms with Crippen molar-refractivity contribution in [2.75, 3.05) is 30.0 Å². The molecule has 112 valence electrons. The quantitative estimate of drug-likeness (QED) is 0.619. The molecule has 0 heterocycles. The molecule has 0 bridgehead atoms. The Morgan fingerprint density at radius 2 is 2.15 bits per heavy atom. The highest BCUT2D eigenvalue weighted by atomic mass is 32.2. The number of carbonyl (C=O) groups excluding carboxylic acids is 1. The molecule has 0 atom stereocenters. The lowest BCUT2D eigenvalue weighted by atomic mass is 10.2. The maximum atomic E-state index is 12.5. The molecule has 1 rings (SSSR count). The summed E-state index contributed by atoms with van der Waals surface area (Å²) < 4.78 is 42.2. The van der Waals surface area contributed by atoms with E-state index in [1.165, 1.54) is 17.8 Å². The molecule has 0 spiro atoms. The van der Waals surface area contributed by atoms with Gasteiger partial charge in [0.15, 0.2) is 0 Å². The Labute approximate surface area is 119 Å². The fraction of sp³-hybridized carbons (Fsp3) is 0.462. The van der Waals surface area contributed by atoms with E-state index < -0.39 is 11.7 Å². The first kappa shape index (κ1) is 16.7. The monoisotopic (exact) mass is 307 g/mol. The van der Waals surface area contributed by atoms with Crippen LogP contribution in [0.3, 0.4) is 0 Å². The average Bonchev–Trinajstić information content (AvgIpc) is 2.38. The highest BCUT2D eigenvalue weighted by Gasteiger charge is 2.30. The molecule has 1 N–H and O–H groups in total. The SMILES string of the molecule is CCOC(=O)CSCCNc1cccc(C(F)(F)F)c1. The van der Waals surface area contributed by atoms with E-state index in [0.29, 0.717) is 24.6 Å². The lowest BCUT2D eigenvalue weighted by Gasteiger charge is -2.10. The summed E-state index contributed by atoms with van der Waals surface area (Å²) in [5, 5.41) is 2.89. The van der Waals surface area contributed by atoms with Gasteiger partial charge in [0, 0.05) is 18.0 Å². The molecule has 0 aliphatic rings. The Balaban J connectivity index is 2.31. The summed E-state index contributed by atoms with van der Waals surface area (Å²) in [6.45, 7) is 2.56. The van der Waals surface area contributed by atoms with Crippen LogP contribution in [0.1, 0.15) is 12.5 Å². The molecule has 0 unspecified atom stereocenters. The minimum atomic E-state index is -4.34. The lowest BCUT2D eigenvalue weighted by molar-refractivity contribution is -0.140. The van der Waals surface area contributed by atoms with E-state index in [9.17, 15) is 18.0 Å². The van der Waals surface area contributed by atoms with Crippen molar-refractivity contribution < 1.29 is 22.7 Å². The van der Waals surface area contributed by atoms with Gasteiger partial charge in [-0.15, -0.1) is 11.8 Å². The zero-order valence-electron chi connectivity index (χ0n) is 11.0. The van der Waals surface area contributed by atoms with Crippen molar-refractivity contribution in [1.29, 1.82) is 0 Å². The third-order valence-electron chi connectivity index (χ3n) is 2.29. The highest BCUT2D eigenvalue weighted by molar-refractivity contribution is 7.99. The van der Waals surface area contributed by atoms with Crippen LogP contribution in [0.2, 0.25) is 0 Å². The minimum absolute atomic E-state index is 0.248. The number of anilines is 1. The van der Waals surface area contributed by atoms with Crippen molar-refractivity contribution >= 4 is 23.4 Å². The van der Waals surface area contributed by atoms with E-state index >= 15 is 0 Å². The second-order valence-electron chi connectivity index (χ2n) is 3.86. The number of rotatable bonds is 7. The van der Waals surface area contributed by atoms with E-state index in [2.05, 4.69) is 5.32 Å². The number of carbonyl (C=O) groups is 1. The third kappa shape index (κ3) is 6.18. The predicted molar refractivity (Wildman–Crippen MR) is 73.9 cm³/mol. The van der Waals surface area contributed by atoms with E-state index in [-0.39, 0.29) is 11.7 Å². The van der Waals surface area contributed by atoms with Gasteiger partial charge >= 0.3 is 12.1 Å². The second kappa shape index (κ2) is 8.04. The van der Waals surface area contributed by atoms with Gasteiger partial charge in [-0.2, -0.15) is 13.2 Å². The number of esters is 1. The van der Waals surface area contributed by atoms with Crippen molar-refractivity contribution in [3.63, 3.8) is 0 Å². The largest absolute Gasteiger partial charge is 0.465 e. The van der Waals surface area contributed by atoms with Crippen molar-refractivity contribution in [2.45, 2.75) is 13.1 Å². The molecule has 1 aromatic rings. The number of ether oxygens (including phenoxy) is 1. The van der Waals surface area contributed by atoms with Crippen LogP contribution in [0.25, 0.3) is 0 Å². The molecule has 20 heavy (non-hydrogen) atoms. The first-order valence-corrected chi connectivity index (χ1v) is 7.23. The maximum absolute atomic E-state index is 12.5. The fourth-order valence-corrected chi connectivity index (χ4v) is 2.07. The van der Waals surface area contributed by atoms with Gasteiger partial charge in [-0.25, -0.2) is 0 Å². The Morgan fingerprint density at radius 3 is 2.80 bits per heavy atom. The van der Waals surface area contributed by atoms with Gasteiger partial charge in [-0.3, -0.25) is 4.79 Å². The number of hydrogen-bond donors (Lipinski definition) is 1. The Kier molecular flexibility index (Phi) is 6.70. The zero-order chi connectivity index (χ0) is 15.0. The zero-order valence-corrected chi connectivity index (χ0v) is 11.8. The van der Waals surface area contributed by atoms with Gasteiger partial charge in [-0.1, -0.05) is 6.07 Å².